The Morgan fingerprint density at radius 2 is 1.65 bits per heavy atom. The third-order valence-corrected chi connectivity index (χ3v) is 11.2. The number of anilines is 1. The smallest absolute Gasteiger partial charge is 0.235 e. The van der Waals surface area contributed by atoms with Crippen molar-refractivity contribution in [3.63, 3.8) is 0 Å². The molecule has 1 fully saturated rings. The van der Waals surface area contributed by atoms with E-state index in [9.17, 15) is 4.79 Å². The Kier molecular flexibility index (Phi) is 6.77. The molecule has 2 aromatic carbocycles. The van der Waals surface area contributed by atoms with Crippen molar-refractivity contribution in [2.24, 2.45) is 5.92 Å². The molecule has 1 saturated heterocycles. The molecule has 0 N–H and O–H groups in total. The Morgan fingerprint density at radius 3 is 2.19 bits per heavy atom. The highest BCUT2D eigenvalue weighted by Crippen LogP contribution is 2.42. The third kappa shape index (κ3) is 4.94. The highest BCUT2D eigenvalue weighted by molar-refractivity contribution is 6.74. The fourth-order valence-corrected chi connectivity index (χ4v) is 5.18. The Labute approximate surface area is 188 Å². The van der Waals surface area contributed by atoms with Gasteiger partial charge in [0.1, 0.15) is 5.75 Å². The third-order valence-electron chi connectivity index (χ3n) is 6.62. The Bertz CT molecular complexity index is 916. The van der Waals surface area contributed by atoms with Crippen LogP contribution in [0.3, 0.4) is 0 Å². The van der Waals surface area contributed by atoms with Gasteiger partial charge in [-0.05, 0) is 54.9 Å². The second-order valence-electron chi connectivity index (χ2n) is 9.78. The molecule has 0 aromatic heterocycles. The van der Waals surface area contributed by atoms with Crippen molar-refractivity contribution < 1.29 is 14.0 Å². The number of ether oxygens (including phenoxy) is 1. The van der Waals surface area contributed by atoms with Gasteiger partial charge < -0.3 is 14.1 Å². The highest BCUT2D eigenvalue weighted by atomic mass is 28.4. The minimum atomic E-state index is -1.98. The van der Waals surface area contributed by atoms with E-state index in [1.807, 2.05) is 47.4 Å². The lowest BCUT2D eigenvalue weighted by Gasteiger charge is -2.50. The molecule has 1 heterocycles. The van der Waals surface area contributed by atoms with E-state index < -0.39 is 8.32 Å². The van der Waals surface area contributed by atoms with Crippen LogP contribution in [0.25, 0.3) is 6.08 Å². The molecular weight excluding hydrogens is 402 g/mol. The molecular formula is C26H35NO3Si. The van der Waals surface area contributed by atoms with Gasteiger partial charge >= 0.3 is 0 Å². The van der Waals surface area contributed by atoms with Crippen LogP contribution < -0.4 is 9.64 Å². The number of carbonyl (C=O) groups excluding carboxylic acids is 1. The maximum Gasteiger partial charge on any atom is 0.235 e. The van der Waals surface area contributed by atoms with Crippen molar-refractivity contribution in [2.75, 3.05) is 12.0 Å². The molecule has 0 saturated carbocycles. The summed E-state index contributed by atoms with van der Waals surface area (Å²) in [6, 6.07) is 17.8. The van der Waals surface area contributed by atoms with Crippen LogP contribution >= 0.6 is 0 Å². The second kappa shape index (κ2) is 9.01. The van der Waals surface area contributed by atoms with E-state index in [-0.39, 0.29) is 29.0 Å². The summed E-state index contributed by atoms with van der Waals surface area (Å²) in [4.78, 5) is 15.2. The van der Waals surface area contributed by atoms with Gasteiger partial charge in [-0.25, -0.2) is 0 Å². The van der Waals surface area contributed by atoms with Gasteiger partial charge in [0.25, 0.3) is 0 Å². The van der Waals surface area contributed by atoms with E-state index >= 15 is 0 Å². The average Bonchev–Trinajstić information content (AvgIpc) is 2.71. The first-order valence-corrected chi connectivity index (χ1v) is 13.8. The molecule has 0 radical (unpaired) electrons. The van der Waals surface area contributed by atoms with Gasteiger partial charge in [0.2, 0.25) is 5.91 Å². The number of β-lactam (4-membered cyclic amide) rings is 1. The molecule has 0 bridgehead atoms. The summed E-state index contributed by atoms with van der Waals surface area (Å²) in [5.41, 5.74) is 2.00. The number of hydrogen-bond acceptors (Lipinski definition) is 3. The first-order valence-electron chi connectivity index (χ1n) is 10.9. The van der Waals surface area contributed by atoms with Crippen LogP contribution in [-0.4, -0.2) is 33.5 Å². The monoisotopic (exact) mass is 437 g/mol. The number of amides is 1. The van der Waals surface area contributed by atoms with Gasteiger partial charge in [0.15, 0.2) is 8.32 Å². The minimum absolute atomic E-state index is 0.0548. The van der Waals surface area contributed by atoms with Crippen molar-refractivity contribution in [3.8, 4) is 5.75 Å². The van der Waals surface area contributed by atoms with Crippen LogP contribution in [-0.2, 0) is 9.22 Å². The van der Waals surface area contributed by atoms with Crippen molar-refractivity contribution >= 4 is 26.0 Å². The van der Waals surface area contributed by atoms with Gasteiger partial charge in [-0.3, -0.25) is 4.79 Å². The largest absolute Gasteiger partial charge is 0.497 e. The second-order valence-corrected chi connectivity index (χ2v) is 14.5. The lowest BCUT2D eigenvalue weighted by Crippen LogP contribution is -2.65. The molecule has 166 valence electrons. The lowest BCUT2D eigenvalue weighted by molar-refractivity contribution is -0.133. The molecule has 0 spiro atoms. The summed E-state index contributed by atoms with van der Waals surface area (Å²) in [6.45, 7) is 13.2. The van der Waals surface area contributed by atoms with Crippen molar-refractivity contribution in [3.05, 3.63) is 66.2 Å². The Balaban J connectivity index is 1.88. The van der Waals surface area contributed by atoms with E-state index in [2.05, 4.69) is 65.1 Å². The van der Waals surface area contributed by atoms with Gasteiger partial charge in [-0.2, -0.15) is 0 Å². The average molecular weight is 438 g/mol. The van der Waals surface area contributed by atoms with Crippen LogP contribution in [0.2, 0.25) is 18.1 Å². The maximum atomic E-state index is 13.3. The fraction of sp³-hybridized carbons (Fsp3) is 0.423. The molecule has 5 heteroatoms. The highest BCUT2D eigenvalue weighted by Gasteiger charge is 2.51. The zero-order valence-electron chi connectivity index (χ0n) is 19.8. The summed E-state index contributed by atoms with van der Waals surface area (Å²) < 4.78 is 11.9. The van der Waals surface area contributed by atoms with Crippen LogP contribution in [0.1, 0.15) is 33.3 Å². The van der Waals surface area contributed by atoms with E-state index in [1.54, 1.807) is 7.11 Å². The zero-order valence-corrected chi connectivity index (χ0v) is 20.8. The van der Waals surface area contributed by atoms with Gasteiger partial charge in [-0.1, -0.05) is 63.3 Å². The molecule has 4 nitrogen and oxygen atoms in total. The fourth-order valence-electron chi connectivity index (χ4n) is 3.75. The summed E-state index contributed by atoms with van der Waals surface area (Å²) in [7, 11) is -0.340. The molecule has 2 aromatic rings. The van der Waals surface area contributed by atoms with Crippen LogP contribution in [0, 0.1) is 5.92 Å². The van der Waals surface area contributed by atoms with E-state index in [1.165, 1.54) is 0 Å². The Morgan fingerprint density at radius 1 is 1.03 bits per heavy atom. The van der Waals surface area contributed by atoms with E-state index in [4.69, 9.17) is 9.16 Å². The summed E-state index contributed by atoms with van der Waals surface area (Å²) >= 11 is 0. The van der Waals surface area contributed by atoms with Crippen LogP contribution in [0.4, 0.5) is 5.69 Å². The van der Waals surface area contributed by atoms with Crippen molar-refractivity contribution in [2.45, 2.75) is 58.0 Å². The number of methoxy groups -OCH3 is 1. The normalized spacial score (nSPS) is 20.6. The van der Waals surface area contributed by atoms with Gasteiger partial charge in [-0.15, -0.1) is 0 Å². The molecule has 31 heavy (non-hydrogen) atoms. The van der Waals surface area contributed by atoms with Gasteiger partial charge in [0, 0.05) is 5.69 Å². The number of nitrogens with zero attached hydrogens (tertiary/aromatic N) is 1. The van der Waals surface area contributed by atoms with Crippen LogP contribution in [0.5, 0.6) is 5.75 Å². The van der Waals surface area contributed by atoms with E-state index in [0.717, 1.165) is 17.0 Å². The number of rotatable bonds is 7. The van der Waals surface area contributed by atoms with Gasteiger partial charge in [0.05, 0.1) is 25.2 Å². The minimum Gasteiger partial charge on any atom is -0.497 e. The lowest BCUT2D eigenvalue weighted by atomic mass is 9.82. The molecule has 1 aliphatic heterocycles. The zero-order chi connectivity index (χ0) is 22.8. The summed E-state index contributed by atoms with van der Waals surface area (Å²) in [5.74, 6) is 0.689. The molecule has 3 atom stereocenters. The van der Waals surface area contributed by atoms with Crippen molar-refractivity contribution in [1.82, 2.24) is 0 Å². The number of benzene rings is 2. The maximum absolute atomic E-state index is 13.3. The van der Waals surface area contributed by atoms with Crippen LogP contribution in [0.15, 0.2) is 60.7 Å². The molecule has 1 amide bonds. The quantitative estimate of drug-likeness (QED) is 0.385. The predicted octanol–water partition coefficient (Wildman–Crippen LogP) is 6.15. The summed E-state index contributed by atoms with van der Waals surface area (Å²) in [5, 5.41) is 0.0963. The number of carbonyl (C=O) groups is 1. The summed E-state index contributed by atoms with van der Waals surface area (Å²) in [6.07, 6.45) is 4.09. The topological polar surface area (TPSA) is 38.8 Å². The molecule has 0 aliphatic carbocycles. The Hall–Kier alpha value is -2.37. The molecule has 3 rings (SSSR count). The van der Waals surface area contributed by atoms with E-state index in [0.29, 0.717) is 0 Å². The first kappa shape index (κ1) is 23.3. The van der Waals surface area contributed by atoms with Crippen molar-refractivity contribution in [1.29, 1.82) is 0 Å². The first-order chi connectivity index (χ1) is 14.5. The SMILES string of the molecule is COc1ccc(N2C(=O)[C@@H]([C@H](C)O[Si](C)(C)C(C)(C)C)[C@@H]2/C=C/c2ccccc2)cc1. The molecule has 1 aliphatic rings. The predicted molar refractivity (Wildman–Crippen MR) is 131 cm³/mol. The molecule has 0 unspecified atom stereocenters. The standard InChI is InChI=1S/C26H35NO3Si/c1-19(30-31(6,7)26(2,3)4)24-23(18-13-20-11-9-8-10-12-20)27(25(24)28)21-14-16-22(29-5)17-15-21/h8-19,23-24H,1-7H3/b18-13+/t19-,23-,24-/m0/s1. The number of hydrogen-bond donors (Lipinski definition) is 0.